The number of aromatic nitrogens is 1. The van der Waals surface area contributed by atoms with Crippen LogP contribution in [0.2, 0.25) is 0 Å². The van der Waals surface area contributed by atoms with E-state index in [1.54, 1.807) is 7.11 Å². The van der Waals surface area contributed by atoms with E-state index in [9.17, 15) is 4.79 Å². The minimum atomic E-state index is 0.190. The molecular formula is C21H22N2O2. The number of hydrogen-bond donors (Lipinski definition) is 1. The van der Waals surface area contributed by atoms with Crippen molar-refractivity contribution in [2.24, 2.45) is 0 Å². The molecule has 1 aliphatic rings. The van der Waals surface area contributed by atoms with Gasteiger partial charge in [-0.15, -0.1) is 0 Å². The SMILES string of the molecule is COc1cccc(CC(=O)N2CCC(c3c[nH]c4ccccc34)C2)c1. The molecule has 1 unspecified atom stereocenters. The van der Waals surface area contributed by atoms with Crippen LogP contribution in [0.15, 0.2) is 54.7 Å². The van der Waals surface area contributed by atoms with Crippen LogP contribution in [-0.2, 0) is 11.2 Å². The highest BCUT2D eigenvalue weighted by Crippen LogP contribution is 2.32. The predicted octanol–water partition coefficient (Wildman–Crippen LogP) is 3.74. The molecule has 128 valence electrons. The molecule has 4 rings (SSSR count). The molecule has 4 heteroatoms. The van der Waals surface area contributed by atoms with Crippen molar-refractivity contribution < 1.29 is 9.53 Å². The maximum absolute atomic E-state index is 12.7. The van der Waals surface area contributed by atoms with Gasteiger partial charge in [-0.25, -0.2) is 0 Å². The van der Waals surface area contributed by atoms with Crippen LogP contribution >= 0.6 is 0 Å². The first-order valence-corrected chi connectivity index (χ1v) is 8.71. The Hall–Kier alpha value is -2.75. The number of likely N-dealkylation sites (tertiary alicyclic amines) is 1. The van der Waals surface area contributed by atoms with E-state index in [0.717, 1.165) is 30.8 Å². The number of H-pyrrole nitrogens is 1. The molecule has 4 nitrogen and oxygen atoms in total. The standard InChI is InChI=1S/C21H22N2O2/c1-25-17-6-4-5-15(11-17)12-21(24)23-10-9-16(14-23)19-13-22-20-8-3-2-7-18(19)20/h2-8,11,13,16,22H,9-10,12,14H2,1H3. The summed E-state index contributed by atoms with van der Waals surface area (Å²) in [5, 5.41) is 1.27. The van der Waals surface area contributed by atoms with Crippen LogP contribution in [0.3, 0.4) is 0 Å². The molecule has 25 heavy (non-hydrogen) atoms. The molecule has 0 saturated carbocycles. The molecule has 1 saturated heterocycles. The maximum atomic E-state index is 12.7. The van der Waals surface area contributed by atoms with E-state index in [1.807, 2.05) is 35.2 Å². The summed E-state index contributed by atoms with van der Waals surface area (Å²) in [6.07, 6.45) is 3.55. The Morgan fingerprint density at radius 3 is 3.00 bits per heavy atom. The third-order valence-corrected chi connectivity index (χ3v) is 5.09. The molecule has 1 aromatic heterocycles. The number of ether oxygens (including phenoxy) is 1. The molecule has 0 radical (unpaired) electrons. The highest BCUT2D eigenvalue weighted by molar-refractivity contribution is 5.84. The largest absolute Gasteiger partial charge is 0.497 e. The zero-order valence-electron chi connectivity index (χ0n) is 14.4. The van der Waals surface area contributed by atoms with Crippen molar-refractivity contribution in [1.82, 2.24) is 9.88 Å². The van der Waals surface area contributed by atoms with E-state index in [-0.39, 0.29) is 5.91 Å². The Bertz CT molecular complexity index is 900. The number of methoxy groups -OCH3 is 1. The predicted molar refractivity (Wildman–Crippen MR) is 98.9 cm³/mol. The van der Waals surface area contributed by atoms with Gasteiger partial charge in [-0.3, -0.25) is 4.79 Å². The molecule has 2 heterocycles. The van der Waals surface area contributed by atoms with Crippen molar-refractivity contribution in [3.8, 4) is 5.75 Å². The molecule has 1 aliphatic heterocycles. The van der Waals surface area contributed by atoms with Crippen molar-refractivity contribution in [3.05, 3.63) is 65.9 Å². The highest BCUT2D eigenvalue weighted by atomic mass is 16.5. The van der Waals surface area contributed by atoms with Gasteiger partial charge in [0.2, 0.25) is 5.91 Å². The summed E-state index contributed by atoms with van der Waals surface area (Å²) in [4.78, 5) is 18.0. The molecule has 1 atom stereocenters. The Balaban J connectivity index is 1.45. The molecule has 1 N–H and O–H groups in total. The van der Waals surface area contributed by atoms with Gasteiger partial charge in [-0.1, -0.05) is 30.3 Å². The number of carbonyl (C=O) groups excluding carboxylic acids is 1. The van der Waals surface area contributed by atoms with Crippen molar-refractivity contribution in [1.29, 1.82) is 0 Å². The van der Waals surface area contributed by atoms with Gasteiger partial charge in [0.1, 0.15) is 5.75 Å². The quantitative estimate of drug-likeness (QED) is 0.790. The lowest BCUT2D eigenvalue weighted by Crippen LogP contribution is -2.29. The van der Waals surface area contributed by atoms with Crippen molar-refractivity contribution in [3.63, 3.8) is 0 Å². The van der Waals surface area contributed by atoms with Gasteiger partial charge < -0.3 is 14.6 Å². The van der Waals surface area contributed by atoms with Gasteiger partial charge in [-0.2, -0.15) is 0 Å². The molecule has 1 fully saturated rings. The first-order chi connectivity index (χ1) is 12.2. The summed E-state index contributed by atoms with van der Waals surface area (Å²) >= 11 is 0. The van der Waals surface area contributed by atoms with Gasteiger partial charge in [-0.05, 0) is 35.7 Å². The second kappa shape index (κ2) is 6.63. The number of amides is 1. The third kappa shape index (κ3) is 3.12. The van der Waals surface area contributed by atoms with E-state index < -0.39 is 0 Å². The number of aromatic amines is 1. The summed E-state index contributed by atoms with van der Waals surface area (Å²) in [6, 6.07) is 16.1. The van der Waals surface area contributed by atoms with Crippen LogP contribution < -0.4 is 4.74 Å². The maximum Gasteiger partial charge on any atom is 0.227 e. The normalized spacial score (nSPS) is 17.2. The smallest absolute Gasteiger partial charge is 0.227 e. The number of nitrogens with zero attached hydrogens (tertiary/aromatic N) is 1. The molecule has 0 spiro atoms. The van der Waals surface area contributed by atoms with Crippen molar-refractivity contribution in [2.75, 3.05) is 20.2 Å². The molecule has 0 aliphatic carbocycles. The molecule has 3 aromatic rings. The number of nitrogens with one attached hydrogen (secondary N) is 1. The molecule has 2 aromatic carbocycles. The fourth-order valence-corrected chi connectivity index (χ4v) is 3.74. The van der Waals surface area contributed by atoms with Crippen LogP contribution in [-0.4, -0.2) is 36.0 Å². The first kappa shape index (κ1) is 15.8. The van der Waals surface area contributed by atoms with Crippen LogP contribution in [0.1, 0.15) is 23.5 Å². The number of carbonyl (C=O) groups is 1. The number of hydrogen-bond acceptors (Lipinski definition) is 2. The summed E-state index contributed by atoms with van der Waals surface area (Å²) in [6.45, 7) is 1.62. The average Bonchev–Trinajstić information content (AvgIpc) is 3.28. The summed E-state index contributed by atoms with van der Waals surface area (Å²) in [7, 11) is 1.65. The van der Waals surface area contributed by atoms with Gasteiger partial charge in [0, 0.05) is 36.1 Å². The second-order valence-electron chi connectivity index (χ2n) is 6.64. The van der Waals surface area contributed by atoms with Crippen LogP contribution in [0.4, 0.5) is 0 Å². The van der Waals surface area contributed by atoms with Gasteiger partial charge >= 0.3 is 0 Å². The lowest BCUT2D eigenvalue weighted by Gasteiger charge is -2.17. The zero-order chi connectivity index (χ0) is 17.2. The lowest BCUT2D eigenvalue weighted by atomic mass is 9.98. The van der Waals surface area contributed by atoms with Gasteiger partial charge in [0.25, 0.3) is 0 Å². The van der Waals surface area contributed by atoms with Crippen molar-refractivity contribution >= 4 is 16.8 Å². The minimum absolute atomic E-state index is 0.190. The van der Waals surface area contributed by atoms with Crippen LogP contribution in [0.5, 0.6) is 5.75 Å². The van der Waals surface area contributed by atoms with Gasteiger partial charge in [0.05, 0.1) is 13.5 Å². The zero-order valence-corrected chi connectivity index (χ0v) is 14.4. The Kier molecular flexibility index (Phi) is 4.18. The van der Waals surface area contributed by atoms with E-state index in [2.05, 4.69) is 29.4 Å². The van der Waals surface area contributed by atoms with E-state index in [1.165, 1.54) is 16.5 Å². The number of para-hydroxylation sites is 1. The first-order valence-electron chi connectivity index (χ1n) is 8.71. The van der Waals surface area contributed by atoms with E-state index >= 15 is 0 Å². The summed E-state index contributed by atoms with van der Waals surface area (Å²) in [5.74, 6) is 1.39. The number of fused-ring (bicyclic) bond motifs is 1. The molecule has 1 amide bonds. The highest BCUT2D eigenvalue weighted by Gasteiger charge is 2.28. The lowest BCUT2D eigenvalue weighted by molar-refractivity contribution is -0.129. The fourth-order valence-electron chi connectivity index (χ4n) is 3.74. The molecular weight excluding hydrogens is 312 g/mol. The minimum Gasteiger partial charge on any atom is -0.497 e. The fraction of sp³-hybridized carbons (Fsp3) is 0.286. The summed E-state index contributed by atoms with van der Waals surface area (Å²) < 4.78 is 5.24. The van der Waals surface area contributed by atoms with Crippen LogP contribution in [0.25, 0.3) is 10.9 Å². The van der Waals surface area contributed by atoms with Crippen molar-refractivity contribution in [2.45, 2.75) is 18.8 Å². The second-order valence-corrected chi connectivity index (χ2v) is 6.64. The third-order valence-electron chi connectivity index (χ3n) is 5.09. The molecule has 0 bridgehead atoms. The van der Waals surface area contributed by atoms with E-state index in [0.29, 0.717) is 12.3 Å². The monoisotopic (exact) mass is 334 g/mol. The Morgan fingerprint density at radius 2 is 2.12 bits per heavy atom. The number of rotatable bonds is 4. The average molecular weight is 334 g/mol. The van der Waals surface area contributed by atoms with Crippen LogP contribution in [0, 0.1) is 0 Å². The Morgan fingerprint density at radius 1 is 1.24 bits per heavy atom. The Labute approximate surface area is 147 Å². The van der Waals surface area contributed by atoms with Gasteiger partial charge in [0.15, 0.2) is 0 Å². The topological polar surface area (TPSA) is 45.3 Å². The summed E-state index contributed by atoms with van der Waals surface area (Å²) in [5.41, 5.74) is 3.49. The van der Waals surface area contributed by atoms with E-state index in [4.69, 9.17) is 4.74 Å². The number of benzene rings is 2.